The van der Waals surface area contributed by atoms with E-state index >= 15 is 0 Å². The number of β-lactam (4-membered cyclic amide) rings is 1. The van der Waals surface area contributed by atoms with Crippen LogP contribution in [-0.2, 0) is 9.59 Å². The summed E-state index contributed by atoms with van der Waals surface area (Å²) in [6.07, 6.45) is 2.08. The fourth-order valence-electron chi connectivity index (χ4n) is 1.46. The molecule has 0 aromatic rings. The molecule has 0 unspecified atom stereocenters. The van der Waals surface area contributed by atoms with Gasteiger partial charge >= 0.3 is 5.97 Å². The van der Waals surface area contributed by atoms with Crippen LogP contribution >= 0.6 is 12.2 Å². The Kier molecular flexibility index (Phi) is 1.32. The molecule has 4 nitrogen and oxygen atoms in total. The molecule has 1 amide bonds. The summed E-state index contributed by atoms with van der Waals surface area (Å²) in [5, 5.41) is 8.63. The number of thiocarbonyl (C=S) groups is 1. The molecule has 0 radical (unpaired) electrons. The smallest absolute Gasteiger partial charge is 0.352 e. The molecule has 0 aromatic heterocycles. The fourth-order valence-corrected chi connectivity index (χ4v) is 1.76. The van der Waals surface area contributed by atoms with E-state index < -0.39 is 5.97 Å². The Morgan fingerprint density at radius 1 is 1.75 bits per heavy atom. The van der Waals surface area contributed by atoms with Crippen LogP contribution < -0.4 is 0 Å². The van der Waals surface area contributed by atoms with Crippen LogP contribution in [-0.4, -0.2) is 32.8 Å². The maximum atomic E-state index is 11.0. The fraction of sp³-hybridized carbons (Fsp3) is 0.286. The maximum absolute atomic E-state index is 11.0. The van der Waals surface area contributed by atoms with Gasteiger partial charge in [-0.3, -0.25) is 9.69 Å². The van der Waals surface area contributed by atoms with E-state index in [1.165, 1.54) is 11.0 Å². The number of carboxylic acids is 1. The van der Waals surface area contributed by atoms with E-state index in [-0.39, 0.29) is 17.6 Å². The van der Waals surface area contributed by atoms with Gasteiger partial charge < -0.3 is 5.11 Å². The Labute approximate surface area is 73.5 Å². The predicted molar refractivity (Wildman–Crippen MR) is 43.6 cm³/mol. The Balaban J connectivity index is 2.29. The Hall–Kier alpha value is -1.23. The Morgan fingerprint density at radius 2 is 2.42 bits per heavy atom. The lowest BCUT2D eigenvalue weighted by Gasteiger charge is -2.35. The highest BCUT2D eigenvalue weighted by molar-refractivity contribution is 7.82. The molecule has 0 spiro atoms. The van der Waals surface area contributed by atoms with Crippen LogP contribution in [0.15, 0.2) is 11.8 Å². The number of carbonyl (C=O) groups excluding carboxylic acids is 1. The molecular formula is C7H5NO3S. The molecule has 0 bridgehead atoms. The largest absolute Gasteiger partial charge is 0.477 e. The lowest BCUT2D eigenvalue weighted by molar-refractivity contribution is -0.139. The number of fused-ring (bicyclic) bond motifs is 1. The average molecular weight is 183 g/mol. The van der Waals surface area contributed by atoms with Crippen molar-refractivity contribution in [2.75, 3.05) is 0 Å². The van der Waals surface area contributed by atoms with E-state index in [1.807, 2.05) is 0 Å². The summed E-state index contributed by atoms with van der Waals surface area (Å²) in [6, 6.07) is -0.154. The average Bonchev–Trinajstić information content (AvgIpc) is 2.43. The highest BCUT2D eigenvalue weighted by atomic mass is 32.1. The molecular weight excluding hydrogens is 178 g/mol. The predicted octanol–water partition coefficient (Wildman–Crippen LogP) is -0.0607. The van der Waals surface area contributed by atoms with E-state index in [0.717, 1.165) is 0 Å². The summed E-state index contributed by atoms with van der Waals surface area (Å²) in [4.78, 5) is 23.2. The van der Waals surface area contributed by atoms with Crippen LogP contribution in [0.4, 0.5) is 0 Å². The topological polar surface area (TPSA) is 57.6 Å². The summed E-state index contributed by atoms with van der Waals surface area (Å²) in [5.74, 6) is -1.39. The SMILES string of the molecule is O=C(O)C1=CC[C@H]2C(=S)C(=O)N12. The van der Waals surface area contributed by atoms with Crippen molar-refractivity contribution in [2.45, 2.75) is 12.5 Å². The number of carboxylic acid groups (broad SMARTS) is 1. The number of aliphatic carboxylic acids is 1. The maximum Gasteiger partial charge on any atom is 0.352 e. The van der Waals surface area contributed by atoms with E-state index in [2.05, 4.69) is 0 Å². The Bertz CT molecular complexity index is 334. The number of amides is 1. The third-order valence-electron chi connectivity index (χ3n) is 2.06. The van der Waals surface area contributed by atoms with Gasteiger partial charge in [-0.05, 0) is 6.42 Å². The molecule has 0 saturated carbocycles. The van der Waals surface area contributed by atoms with Crippen LogP contribution in [0.1, 0.15) is 6.42 Å². The third kappa shape index (κ3) is 0.687. The summed E-state index contributed by atoms with van der Waals surface area (Å²) >= 11 is 4.77. The third-order valence-corrected chi connectivity index (χ3v) is 2.50. The van der Waals surface area contributed by atoms with Crippen molar-refractivity contribution >= 4 is 29.0 Å². The van der Waals surface area contributed by atoms with Crippen LogP contribution in [0.3, 0.4) is 0 Å². The van der Waals surface area contributed by atoms with Crippen molar-refractivity contribution in [3.63, 3.8) is 0 Å². The second-order valence-corrected chi connectivity index (χ2v) is 3.13. The number of hydrogen-bond acceptors (Lipinski definition) is 3. The first-order valence-electron chi connectivity index (χ1n) is 3.44. The number of hydrogen-bond donors (Lipinski definition) is 1. The number of carbonyl (C=O) groups is 2. The van der Waals surface area contributed by atoms with Crippen molar-refractivity contribution in [2.24, 2.45) is 0 Å². The molecule has 1 N–H and O–H groups in total. The molecule has 12 heavy (non-hydrogen) atoms. The van der Waals surface area contributed by atoms with Crippen molar-refractivity contribution < 1.29 is 14.7 Å². The monoisotopic (exact) mass is 183 g/mol. The van der Waals surface area contributed by atoms with Crippen molar-refractivity contribution in [1.82, 2.24) is 4.90 Å². The van der Waals surface area contributed by atoms with Crippen LogP contribution in [0, 0.1) is 0 Å². The molecule has 2 aliphatic rings. The molecule has 5 heteroatoms. The zero-order chi connectivity index (χ0) is 8.88. The van der Waals surface area contributed by atoms with Gasteiger partial charge in [0, 0.05) is 0 Å². The highest BCUT2D eigenvalue weighted by Crippen LogP contribution is 2.31. The molecule has 2 rings (SSSR count). The molecule has 1 atom stereocenters. The molecule has 62 valence electrons. The van der Waals surface area contributed by atoms with Gasteiger partial charge in [0.05, 0.1) is 6.04 Å². The normalized spacial score (nSPS) is 26.5. The molecule has 2 heterocycles. The van der Waals surface area contributed by atoms with E-state index in [0.29, 0.717) is 11.3 Å². The first kappa shape index (κ1) is 7.42. The van der Waals surface area contributed by atoms with Gasteiger partial charge in [-0.25, -0.2) is 4.79 Å². The van der Waals surface area contributed by atoms with Gasteiger partial charge in [0.1, 0.15) is 10.6 Å². The molecule has 0 aliphatic carbocycles. The number of rotatable bonds is 1. The summed E-state index contributed by atoms with van der Waals surface area (Å²) < 4.78 is 0. The van der Waals surface area contributed by atoms with Crippen LogP contribution in [0.5, 0.6) is 0 Å². The molecule has 0 aromatic carbocycles. The summed E-state index contributed by atoms with van der Waals surface area (Å²) in [5.41, 5.74) is 0.0681. The minimum absolute atomic E-state index is 0.0681. The van der Waals surface area contributed by atoms with E-state index in [1.54, 1.807) is 0 Å². The van der Waals surface area contributed by atoms with Crippen molar-refractivity contribution in [1.29, 1.82) is 0 Å². The first-order chi connectivity index (χ1) is 5.63. The quantitative estimate of drug-likeness (QED) is 0.457. The zero-order valence-corrected chi connectivity index (χ0v) is 6.80. The minimum atomic E-state index is -1.06. The van der Waals surface area contributed by atoms with Crippen molar-refractivity contribution in [3.8, 4) is 0 Å². The number of nitrogens with zero attached hydrogens (tertiary/aromatic N) is 1. The lowest BCUT2D eigenvalue weighted by atomic mass is 10.0. The molecule has 1 saturated heterocycles. The van der Waals surface area contributed by atoms with Gasteiger partial charge in [-0.2, -0.15) is 0 Å². The first-order valence-corrected chi connectivity index (χ1v) is 3.84. The summed E-state index contributed by atoms with van der Waals surface area (Å²) in [6.45, 7) is 0. The van der Waals surface area contributed by atoms with E-state index in [9.17, 15) is 9.59 Å². The molecule has 1 fully saturated rings. The van der Waals surface area contributed by atoms with Crippen LogP contribution in [0.2, 0.25) is 0 Å². The van der Waals surface area contributed by atoms with Gasteiger partial charge in [0.25, 0.3) is 5.91 Å². The summed E-state index contributed by atoms with van der Waals surface area (Å²) in [7, 11) is 0. The standard InChI is InChI=1S/C7H5NO3S/c9-6-5(12)3-1-2-4(7(10)11)8(3)6/h2-3H,1H2,(H,10,11)/t3-/m0/s1. The van der Waals surface area contributed by atoms with Gasteiger partial charge in [-0.15, -0.1) is 0 Å². The van der Waals surface area contributed by atoms with Gasteiger partial charge in [0.2, 0.25) is 0 Å². The van der Waals surface area contributed by atoms with Crippen LogP contribution in [0.25, 0.3) is 0 Å². The Morgan fingerprint density at radius 3 is 3.00 bits per heavy atom. The van der Waals surface area contributed by atoms with Gasteiger partial charge in [-0.1, -0.05) is 18.3 Å². The minimum Gasteiger partial charge on any atom is -0.477 e. The van der Waals surface area contributed by atoms with E-state index in [4.69, 9.17) is 17.3 Å². The second kappa shape index (κ2) is 2.13. The lowest BCUT2D eigenvalue weighted by Crippen LogP contribution is -2.58. The second-order valence-electron chi connectivity index (χ2n) is 2.69. The highest BCUT2D eigenvalue weighted by Gasteiger charge is 2.48. The van der Waals surface area contributed by atoms with Crippen molar-refractivity contribution in [3.05, 3.63) is 11.8 Å². The molecule has 2 aliphatic heterocycles. The zero-order valence-electron chi connectivity index (χ0n) is 5.98. The van der Waals surface area contributed by atoms with Gasteiger partial charge in [0.15, 0.2) is 0 Å².